The monoisotopic (exact) mass is 262 g/mol. The minimum absolute atomic E-state index is 0.287. The van der Waals surface area contributed by atoms with Gasteiger partial charge in [0.1, 0.15) is 0 Å². The number of nitrogens with one attached hydrogen (secondary N) is 1. The highest BCUT2D eigenvalue weighted by Gasteiger charge is 2.34. The average molecular weight is 263 g/mol. The van der Waals surface area contributed by atoms with Crippen LogP contribution in [0.25, 0.3) is 10.9 Å². The quantitative estimate of drug-likeness (QED) is 0.645. The van der Waals surface area contributed by atoms with Crippen molar-refractivity contribution in [2.75, 3.05) is 17.2 Å². The van der Waals surface area contributed by atoms with Crippen LogP contribution in [0.1, 0.15) is 17.0 Å². The predicted molar refractivity (Wildman–Crippen MR) is 77.7 cm³/mol. The molecular formula is C13H16BClN2O. The number of fused-ring (bicyclic) bond motifs is 3. The largest absolute Gasteiger partial charge is 0.432 e. The van der Waals surface area contributed by atoms with Crippen molar-refractivity contribution in [3.8, 4) is 0 Å². The van der Waals surface area contributed by atoms with Crippen molar-refractivity contribution >= 4 is 35.2 Å². The smallest absolute Gasteiger partial charge is 0.409 e. The van der Waals surface area contributed by atoms with Gasteiger partial charge in [-0.15, -0.1) is 11.6 Å². The first kappa shape index (κ1) is 11.9. The summed E-state index contributed by atoms with van der Waals surface area (Å²) >= 11 is 6.09. The normalized spacial score (nSPS) is 18.4. The van der Waals surface area contributed by atoms with E-state index in [0.29, 0.717) is 5.88 Å². The van der Waals surface area contributed by atoms with Gasteiger partial charge in [-0.25, -0.2) is 0 Å². The first-order valence-electron chi connectivity index (χ1n) is 6.24. The molecule has 18 heavy (non-hydrogen) atoms. The number of rotatable bonds is 2. The molecule has 0 aliphatic carbocycles. The molecule has 1 aliphatic heterocycles. The zero-order chi connectivity index (χ0) is 12.9. The molecular weight excluding hydrogens is 246 g/mol. The van der Waals surface area contributed by atoms with E-state index < -0.39 is 7.05 Å². The van der Waals surface area contributed by atoms with Crippen molar-refractivity contribution in [1.82, 2.24) is 4.98 Å². The third kappa shape index (κ3) is 1.56. The molecule has 2 heterocycles. The van der Waals surface area contributed by atoms with Gasteiger partial charge in [-0.1, -0.05) is 0 Å². The highest BCUT2D eigenvalue weighted by Crippen LogP contribution is 2.42. The van der Waals surface area contributed by atoms with Crippen LogP contribution in [0.3, 0.4) is 0 Å². The van der Waals surface area contributed by atoms with Gasteiger partial charge in [0.15, 0.2) is 0 Å². The second-order valence-corrected chi connectivity index (χ2v) is 5.34. The van der Waals surface area contributed by atoms with Crippen molar-refractivity contribution in [2.24, 2.45) is 0 Å². The fraction of sp³-hybridized carbons (Fsp3) is 0.385. The second kappa shape index (κ2) is 4.21. The number of H-pyrrole nitrogens is 1. The van der Waals surface area contributed by atoms with Crippen LogP contribution in [0.2, 0.25) is 6.82 Å². The zero-order valence-corrected chi connectivity index (χ0v) is 11.3. The lowest BCUT2D eigenvalue weighted by Crippen LogP contribution is -2.36. The first-order chi connectivity index (χ1) is 8.63. The number of benzene rings is 1. The summed E-state index contributed by atoms with van der Waals surface area (Å²) in [6.45, 7) is 4.69. The van der Waals surface area contributed by atoms with E-state index in [2.05, 4.69) is 24.0 Å². The van der Waals surface area contributed by atoms with E-state index in [9.17, 15) is 5.02 Å². The molecule has 1 atom stereocenters. The lowest BCUT2D eigenvalue weighted by molar-refractivity contribution is 0.569. The molecule has 0 amide bonds. The van der Waals surface area contributed by atoms with Crippen LogP contribution < -0.4 is 4.81 Å². The van der Waals surface area contributed by atoms with E-state index >= 15 is 0 Å². The van der Waals surface area contributed by atoms with Crippen molar-refractivity contribution in [2.45, 2.75) is 19.7 Å². The molecule has 5 heteroatoms. The molecule has 1 aromatic heterocycles. The Kier molecular flexibility index (Phi) is 2.79. The van der Waals surface area contributed by atoms with E-state index in [4.69, 9.17) is 11.6 Å². The fourth-order valence-electron chi connectivity index (χ4n) is 2.99. The lowest BCUT2D eigenvalue weighted by Gasteiger charge is -2.20. The maximum atomic E-state index is 9.90. The number of anilines is 1. The summed E-state index contributed by atoms with van der Waals surface area (Å²) in [6.07, 6.45) is 1.97. The number of aryl methyl sites for hydroxylation is 1. The Morgan fingerprint density at radius 2 is 2.39 bits per heavy atom. The Balaban J connectivity index is 2.28. The third-order valence-electron chi connectivity index (χ3n) is 3.83. The van der Waals surface area contributed by atoms with Crippen molar-refractivity contribution < 1.29 is 5.02 Å². The molecule has 1 unspecified atom stereocenters. The van der Waals surface area contributed by atoms with Gasteiger partial charge in [0.2, 0.25) is 0 Å². The Bertz CT molecular complexity index is 596. The molecule has 0 saturated carbocycles. The van der Waals surface area contributed by atoms with Crippen molar-refractivity contribution in [3.63, 3.8) is 0 Å². The van der Waals surface area contributed by atoms with Gasteiger partial charge >= 0.3 is 7.05 Å². The summed E-state index contributed by atoms with van der Waals surface area (Å²) in [5.41, 5.74) is 4.78. The number of alkyl halides is 1. The number of aromatic amines is 1. The summed E-state index contributed by atoms with van der Waals surface area (Å²) in [5.74, 6) is 0.870. The zero-order valence-electron chi connectivity index (χ0n) is 10.6. The Morgan fingerprint density at radius 1 is 1.61 bits per heavy atom. The summed E-state index contributed by atoms with van der Waals surface area (Å²) in [7, 11) is -0.479. The number of hydrogen-bond donors (Lipinski definition) is 2. The van der Waals surface area contributed by atoms with E-state index in [1.165, 1.54) is 22.0 Å². The number of nitrogens with zero attached hydrogens (tertiary/aromatic N) is 1. The number of hydrogen-bond acceptors (Lipinski definition) is 2. The number of aromatic nitrogens is 1. The topological polar surface area (TPSA) is 39.3 Å². The predicted octanol–water partition coefficient (Wildman–Crippen LogP) is 2.73. The molecule has 1 aromatic carbocycles. The van der Waals surface area contributed by atoms with Crippen LogP contribution in [0, 0.1) is 6.92 Å². The van der Waals surface area contributed by atoms with Crippen LogP contribution >= 0.6 is 11.6 Å². The summed E-state index contributed by atoms with van der Waals surface area (Å²) in [5, 5.41) is 11.1. The van der Waals surface area contributed by atoms with Crippen molar-refractivity contribution in [1.29, 1.82) is 0 Å². The SMILES string of the molecule is CB(O)N1CC(CCl)c2c1cc(C)c1[nH]ccc21. The molecule has 0 radical (unpaired) electrons. The molecule has 0 spiro atoms. The van der Waals surface area contributed by atoms with Gasteiger partial charge in [0.25, 0.3) is 0 Å². The van der Waals surface area contributed by atoms with Gasteiger partial charge in [-0.05, 0) is 37.0 Å². The van der Waals surface area contributed by atoms with E-state index in [0.717, 1.165) is 12.2 Å². The van der Waals surface area contributed by atoms with Crippen LogP contribution in [-0.4, -0.2) is 29.5 Å². The molecule has 94 valence electrons. The molecule has 3 rings (SSSR count). The molecule has 2 N–H and O–H groups in total. The molecule has 0 saturated heterocycles. The van der Waals surface area contributed by atoms with E-state index in [1.54, 1.807) is 6.82 Å². The summed E-state index contributed by atoms with van der Waals surface area (Å²) in [6, 6.07) is 4.25. The third-order valence-corrected chi connectivity index (χ3v) is 4.21. The van der Waals surface area contributed by atoms with Crippen LogP contribution in [-0.2, 0) is 0 Å². The first-order valence-corrected chi connectivity index (χ1v) is 6.78. The van der Waals surface area contributed by atoms with Gasteiger partial charge in [-0.3, -0.25) is 0 Å². The number of halogens is 1. The molecule has 0 fully saturated rings. The lowest BCUT2D eigenvalue weighted by atomic mass is 9.85. The maximum absolute atomic E-state index is 9.90. The Labute approximate surface area is 112 Å². The van der Waals surface area contributed by atoms with Gasteiger partial charge < -0.3 is 14.8 Å². The minimum atomic E-state index is -0.479. The van der Waals surface area contributed by atoms with Gasteiger partial charge in [-0.2, -0.15) is 0 Å². The molecule has 3 nitrogen and oxygen atoms in total. The maximum Gasteiger partial charge on any atom is 0.409 e. The van der Waals surface area contributed by atoms with Crippen LogP contribution in [0.15, 0.2) is 18.3 Å². The van der Waals surface area contributed by atoms with E-state index in [-0.39, 0.29) is 5.92 Å². The Hall–Kier alpha value is -1.13. The van der Waals surface area contributed by atoms with Gasteiger partial charge in [0.05, 0.1) is 0 Å². The fourth-order valence-corrected chi connectivity index (χ4v) is 3.24. The molecule has 0 bridgehead atoms. The summed E-state index contributed by atoms with van der Waals surface area (Å²) in [4.78, 5) is 5.31. The second-order valence-electron chi connectivity index (χ2n) is 5.03. The van der Waals surface area contributed by atoms with Crippen molar-refractivity contribution in [3.05, 3.63) is 29.5 Å². The molecule has 1 aliphatic rings. The van der Waals surface area contributed by atoms with Crippen LogP contribution in [0.5, 0.6) is 0 Å². The Morgan fingerprint density at radius 3 is 3.06 bits per heavy atom. The average Bonchev–Trinajstić information content (AvgIpc) is 2.91. The highest BCUT2D eigenvalue weighted by molar-refractivity contribution is 6.54. The van der Waals surface area contributed by atoms with Gasteiger partial charge in [0, 0.05) is 41.1 Å². The minimum Gasteiger partial charge on any atom is -0.432 e. The van der Waals surface area contributed by atoms with E-state index in [1.807, 2.05) is 11.0 Å². The highest BCUT2D eigenvalue weighted by atomic mass is 35.5. The standard InChI is InChI=1S/C13H16BClN2O/c1-8-5-11-12(10-3-4-16-13(8)10)9(6-15)7-17(11)14(2)18/h3-5,9,16,18H,6-7H2,1-2H3. The molecule has 2 aromatic rings. The van der Waals surface area contributed by atoms with Crippen LogP contribution in [0.4, 0.5) is 5.69 Å². The summed E-state index contributed by atoms with van der Waals surface area (Å²) < 4.78 is 0.